The molecule has 1 aromatic rings. The van der Waals surface area contributed by atoms with Gasteiger partial charge in [-0.1, -0.05) is 23.2 Å². The molecule has 0 radical (unpaired) electrons. The minimum Gasteiger partial charge on any atom is -0.481 e. The third-order valence-corrected chi connectivity index (χ3v) is 3.91. The fraction of sp³-hybridized carbons (Fsp3) is 0.429. The number of carbonyl (C=O) groups excluding carboxylic acids is 1. The number of carboxylic acids is 1. The lowest BCUT2D eigenvalue weighted by molar-refractivity contribution is -0.138. The molecule has 0 saturated carbocycles. The SMILES string of the molecule is O=C(O)CC1CCN(C(=O)c2cc(Cl)cc(Cl)c2)CC1. The van der Waals surface area contributed by atoms with Gasteiger partial charge >= 0.3 is 5.97 Å². The van der Waals surface area contributed by atoms with Gasteiger partial charge in [-0.15, -0.1) is 0 Å². The summed E-state index contributed by atoms with van der Waals surface area (Å²) in [4.78, 5) is 24.7. The van der Waals surface area contributed by atoms with Crippen LogP contribution in [0.3, 0.4) is 0 Å². The molecule has 0 aliphatic carbocycles. The number of amides is 1. The van der Waals surface area contributed by atoms with Gasteiger partial charge in [-0.2, -0.15) is 0 Å². The first kappa shape index (κ1) is 15.1. The molecule has 1 saturated heterocycles. The maximum atomic E-state index is 12.3. The second-order valence-electron chi connectivity index (χ2n) is 4.99. The van der Waals surface area contributed by atoms with E-state index in [1.54, 1.807) is 23.1 Å². The largest absolute Gasteiger partial charge is 0.481 e. The number of nitrogens with zero attached hydrogens (tertiary/aromatic N) is 1. The number of hydrogen-bond donors (Lipinski definition) is 1. The summed E-state index contributed by atoms with van der Waals surface area (Å²) in [7, 11) is 0. The highest BCUT2D eigenvalue weighted by Gasteiger charge is 2.25. The Morgan fingerprint density at radius 1 is 1.15 bits per heavy atom. The molecule has 1 N–H and O–H groups in total. The van der Waals surface area contributed by atoms with Crippen LogP contribution in [-0.2, 0) is 4.79 Å². The molecule has 0 spiro atoms. The molecule has 6 heteroatoms. The zero-order chi connectivity index (χ0) is 14.7. The summed E-state index contributed by atoms with van der Waals surface area (Å²) in [6, 6.07) is 4.77. The second-order valence-corrected chi connectivity index (χ2v) is 5.86. The number of piperidine rings is 1. The Bertz CT molecular complexity index is 505. The Morgan fingerprint density at radius 2 is 1.70 bits per heavy atom. The lowest BCUT2D eigenvalue weighted by atomic mass is 9.93. The van der Waals surface area contributed by atoms with Crippen LogP contribution in [0.1, 0.15) is 29.6 Å². The van der Waals surface area contributed by atoms with Crippen molar-refractivity contribution in [3.8, 4) is 0 Å². The van der Waals surface area contributed by atoms with E-state index in [1.807, 2.05) is 0 Å². The number of rotatable bonds is 3. The Kier molecular flexibility index (Phi) is 4.89. The quantitative estimate of drug-likeness (QED) is 0.930. The van der Waals surface area contributed by atoms with Gasteiger partial charge in [0.15, 0.2) is 0 Å². The molecule has 0 aromatic heterocycles. The van der Waals surface area contributed by atoms with Gasteiger partial charge in [0.1, 0.15) is 0 Å². The predicted octanol–water partition coefficient (Wildman–Crippen LogP) is 3.32. The van der Waals surface area contributed by atoms with Gasteiger partial charge in [-0.3, -0.25) is 9.59 Å². The van der Waals surface area contributed by atoms with E-state index in [4.69, 9.17) is 28.3 Å². The van der Waals surface area contributed by atoms with E-state index in [0.717, 1.165) is 0 Å². The zero-order valence-electron chi connectivity index (χ0n) is 10.8. The van der Waals surface area contributed by atoms with E-state index < -0.39 is 5.97 Å². The Balaban J connectivity index is 1.99. The average molecular weight is 316 g/mol. The fourth-order valence-electron chi connectivity index (χ4n) is 2.45. The highest BCUT2D eigenvalue weighted by molar-refractivity contribution is 6.35. The second kappa shape index (κ2) is 6.46. The van der Waals surface area contributed by atoms with Crippen LogP contribution in [-0.4, -0.2) is 35.0 Å². The number of carbonyl (C=O) groups is 2. The lowest BCUT2D eigenvalue weighted by Gasteiger charge is -2.31. The van der Waals surface area contributed by atoms with Crippen LogP contribution in [0.4, 0.5) is 0 Å². The lowest BCUT2D eigenvalue weighted by Crippen LogP contribution is -2.38. The molecule has 1 aliphatic rings. The molecule has 1 aliphatic heterocycles. The van der Waals surface area contributed by atoms with Gasteiger partial charge in [0.05, 0.1) is 0 Å². The molecule has 0 bridgehead atoms. The first-order valence-electron chi connectivity index (χ1n) is 6.43. The van der Waals surface area contributed by atoms with Crippen molar-refractivity contribution in [2.75, 3.05) is 13.1 Å². The zero-order valence-corrected chi connectivity index (χ0v) is 12.3. The number of hydrogen-bond acceptors (Lipinski definition) is 2. The van der Waals surface area contributed by atoms with Crippen molar-refractivity contribution in [2.45, 2.75) is 19.3 Å². The Morgan fingerprint density at radius 3 is 2.20 bits per heavy atom. The molecule has 4 nitrogen and oxygen atoms in total. The molecule has 108 valence electrons. The molecule has 1 amide bonds. The smallest absolute Gasteiger partial charge is 0.303 e. The topological polar surface area (TPSA) is 57.6 Å². The molecule has 0 atom stereocenters. The number of halogens is 2. The molecular formula is C14H15Cl2NO3. The van der Waals surface area contributed by atoms with E-state index >= 15 is 0 Å². The predicted molar refractivity (Wildman–Crippen MR) is 77.3 cm³/mol. The van der Waals surface area contributed by atoms with Crippen molar-refractivity contribution in [1.29, 1.82) is 0 Å². The van der Waals surface area contributed by atoms with Crippen molar-refractivity contribution in [2.24, 2.45) is 5.92 Å². The number of carboxylic acid groups (broad SMARTS) is 1. The molecular weight excluding hydrogens is 301 g/mol. The first-order chi connectivity index (χ1) is 9.45. The minimum absolute atomic E-state index is 0.108. The third kappa shape index (κ3) is 3.87. The summed E-state index contributed by atoms with van der Waals surface area (Å²) in [5.41, 5.74) is 0.471. The normalized spacial score (nSPS) is 16.2. The van der Waals surface area contributed by atoms with E-state index in [2.05, 4.69) is 0 Å². The minimum atomic E-state index is -0.781. The molecule has 1 heterocycles. The Labute approximate surface area is 127 Å². The molecule has 0 unspecified atom stereocenters. The van der Waals surface area contributed by atoms with Crippen LogP contribution >= 0.6 is 23.2 Å². The van der Waals surface area contributed by atoms with E-state index in [0.29, 0.717) is 41.5 Å². The third-order valence-electron chi connectivity index (χ3n) is 3.47. The van der Waals surface area contributed by atoms with Crippen molar-refractivity contribution < 1.29 is 14.7 Å². The van der Waals surface area contributed by atoms with Crippen molar-refractivity contribution in [3.05, 3.63) is 33.8 Å². The van der Waals surface area contributed by atoms with E-state index in [-0.39, 0.29) is 18.2 Å². The molecule has 20 heavy (non-hydrogen) atoms. The summed E-state index contributed by atoms with van der Waals surface area (Å²) < 4.78 is 0. The van der Waals surface area contributed by atoms with Crippen molar-refractivity contribution >= 4 is 35.1 Å². The average Bonchev–Trinajstić information content (AvgIpc) is 2.37. The van der Waals surface area contributed by atoms with Gasteiger partial charge in [-0.25, -0.2) is 0 Å². The number of benzene rings is 1. The molecule has 1 aromatic carbocycles. The summed E-state index contributed by atoms with van der Waals surface area (Å²) in [5, 5.41) is 9.63. The van der Waals surface area contributed by atoms with Crippen LogP contribution in [0.5, 0.6) is 0 Å². The number of likely N-dealkylation sites (tertiary alicyclic amines) is 1. The van der Waals surface area contributed by atoms with Gasteiger partial charge < -0.3 is 10.0 Å². The van der Waals surface area contributed by atoms with Crippen molar-refractivity contribution in [3.63, 3.8) is 0 Å². The summed E-state index contributed by atoms with van der Waals surface area (Å²) in [6.45, 7) is 1.14. The maximum absolute atomic E-state index is 12.3. The molecule has 2 rings (SSSR count). The van der Waals surface area contributed by atoms with Gasteiger partial charge in [0, 0.05) is 35.1 Å². The summed E-state index contributed by atoms with van der Waals surface area (Å²) in [5.74, 6) is -0.737. The maximum Gasteiger partial charge on any atom is 0.303 e. The van der Waals surface area contributed by atoms with Crippen LogP contribution in [0.25, 0.3) is 0 Å². The van der Waals surface area contributed by atoms with Crippen LogP contribution < -0.4 is 0 Å². The number of aliphatic carboxylic acids is 1. The van der Waals surface area contributed by atoms with Gasteiger partial charge in [0.2, 0.25) is 0 Å². The fourth-order valence-corrected chi connectivity index (χ4v) is 2.97. The molecule has 1 fully saturated rings. The first-order valence-corrected chi connectivity index (χ1v) is 7.18. The highest BCUT2D eigenvalue weighted by atomic mass is 35.5. The standard InChI is InChI=1S/C14H15Cl2NO3/c15-11-6-10(7-12(16)8-11)14(20)17-3-1-9(2-4-17)5-13(18)19/h6-9H,1-5H2,(H,18,19). The van der Waals surface area contributed by atoms with E-state index in [1.165, 1.54) is 0 Å². The van der Waals surface area contributed by atoms with E-state index in [9.17, 15) is 9.59 Å². The van der Waals surface area contributed by atoms with Gasteiger partial charge in [-0.05, 0) is 37.0 Å². The summed E-state index contributed by atoms with van der Waals surface area (Å²) >= 11 is 11.8. The van der Waals surface area contributed by atoms with Crippen LogP contribution in [0.2, 0.25) is 10.0 Å². The van der Waals surface area contributed by atoms with Crippen LogP contribution in [0, 0.1) is 5.92 Å². The van der Waals surface area contributed by atoms with Crippen molar-refractivity contribution in [1.82, 2.24) is 4.90 Å². The van der Waals surface area contributed by atoms with Crippen LogP contribution in [0.15, 0.2) is 18.2 Å². The summed E-state index contributed by atoms with van der Waals surface area (Å²) in [6.07, 6.45) is 1.60. The van der Waals surface area contributed by atoms with Gasteiger partial charge in [0.25, 0.3) is 5.91 Å². The highest BCUT2D eigenvalue weighted by Crippen LogP contribution is 2.24. The Hall–Kier alpha value is -1.26. The monoisotopic (exact) mass is 315 g/mol.